The molecule has 0 amide bonds. The summed E-state index contributed by atoms with van der Waals surface area (Å²) in [5, 5.41) is 3.71. The fraction of sp³-hybridized carbons (Fsp3) is 0.231. The van der Waals surface area contributed by atoms with Crippen LogP contribution in [0.15, 0.2) is 24.3 Å². The first-order valence-corrected chi connectivity index (χ1v) is 6.31. The second kappa shape index (κ2) is 5.18. The molecule has 1 N–H and O–H groups in total. The Kier molecular flexibility index (Phi) is 3.62. The molecule has 2 aromatic rings. The average molecular weight is 262 g/mol. The van der Waals surface area contributed by atoms with Crippen LogP contribution in [-0.4, -0.2) is 24.9 Å². The van der Waals surface area contributed by atoms with Gasteiger partial charge >= 0.3 is 0 Å². The van der Waals surface area contributed by atoms with Crippen LogP contribution in [0.2, 0.25) is 0 Å². The van der Waals surface area contributed by atoms with E-state index in [-0.39, 0.29) is 5.78 Å². The summed E-state index contributed by atoms with van der Waals surface area (Å²) >= 11 is 1.37. The topological polar surface area (TPSA) is 51.2 Å². The number of benzene rings is 1. The number of methoxy groups -OCH3 is 1. The predicted octanol–water partition coefficient (Wildman–Crippen LogP) is 3.06. The molecule has 0 aliphatic heterocycles. The first-order valence-electron chi connectivity index (χ1n) is 5.49. The number of aromatic nitrogens is 1. The van der Waals surface area contributed by atoms with Gasteiger partial charge < -0.3 is 10.1 Å². The lowest BCUT2D eigenvalue weighted by Gasteiger charge is -2.02. The van der Waals surface area contributed by atoms with Gasteiger partial charge in [-0.1, -0.05) is 11.3 Å². The van der Waals surface area contributed by atoms with E-state index in [9.17, 15) is 4.79 Å². The highest BCUT2D eigenvalue weighted by Crippen LogP contribution is 2.32. The van der Waals surface area contributed by atoms with Crippen LogP contribution in [0.3, 0.4) is 0 Å². The second-order valence-corrected chi connectivity index (χ2v) is 4.73. The molecule has 0 unspecified atom stereocenters. The molecule has 0 aliphatic carbocycles. The molecule has 4 nitrogen and oxygen atoms in total. The molecule has 0 atom stereocenters. The molecule has 94 valence electrons. The summed E-state index contributed by atoms with van der Waals surface area (Å²) in [6, 6.07) is 7.52. The van der Waals surface area contributed by atoms with E-state index in [0.29, 0.717) is 4.88 Å². The van der Waals surface area contributed by atoms with Gasteiger partial charge in [0.1, 0.15) is 5.75 Å². The summed E-state index contributed by atoms with van der Waals surface area (Å²) in [6.45, 7) is 1.56. The molecule has 0 bridgehead atoms. The molecule has 5 heteroatoms. The molecule has 1 aromatic carbocycles. The van der Waals surface area contributed by atoms with E-state index in [1.54, 1.807) is 21.1 Å². The Morgan fingerprint density at radius 3 is 2.50 bits per heavy atom. The second-order valence-electron chi connectivity index (χ2n) is 3.73. The van der Waals surface area contributed by atoms with Crippen molar-refractivity contribution in [3.63, 3.8) is 0 Å². The third-order valence-corrected chi connectivity index (χ3v) is 3.70. The van der Waals surface area contributed by atoms with Crippen molar-refractivity contribution in [1.82, 2.24) is 4.98 Å². The number of hydrogen-bond donors (Lipinski definition) is 1. The van der Waals surface area contributed by atoms with Gasteiger partial charge in [-0.2, -0.15) is 0 Å². The maximum atomic E-state index is 11.6. The van der Waals surface area contributed by atoms with Crippen molar-refractivity contribution in [3.05, 3.63) is 29.1 Å². The number of carbonyl (C=O) groups excluding carboxylic acids is 1. The van der Waals surface area contributed by atoms with Gasteiger partial charge in [-0.05, 0) is 24.3 Å². The summed E-state index contributed by atoms with van der Waals surface area (Å²) < 4.78 is 5.11. The Morgan fingerprint density at radius 2 is 2.00 bits per heavy atom. The number of ketones is 1. The average Bonchev–Trinajstić information content (AvgIpc) is 2.83. The van der Waals surface area contributed by atoms with Crippen LogP contribution in [0.5, 0.6) is 5.75 Å². The molecule has 18 heavy (non-hydrogen) atoms. The SMILES string of the molecule is CNc1nc(-c2ccc(OC)cc2)c(C(C)=O)s1. The van der Waals surface area contributed by atoms with Crippen LogP contribution in [0.25, 0.3) is 11.3 Å². The van der Waals surface area contributed by atoms with Gasteiger partial charge in [-0.15, -0.1) is 0 Å². The molecule has 0 radical (unpaired) electrons. The summed E-state index contributed by atoms with van der Waals surface area (Å²) in [6.07, 6.45) is 0. The minimum absolute atomic E-state index is 0.0276. The standard InChI is InChI=1S/C13H14N2O2S/c1-8(16)12-11(15-13(14-2)18-12)9-4-6-10(17-3)7-5-9/h4-7H,1-3H3,(H,14,15). The van der Waals surface area contributed by atoms with E-state index >= 15 is 0 Å². The highest BCUT2D eigenvalue weighted by molar-refractivity contribution is 7.18. The van der Waals surface area contributed by atoms with Crippen LogP contribution >= 0.6 is 11.3 Å². The van der Waals surface area contributed by atoms with E-state index in [0.717, 1.165) is 22.1 Å². The number of ether oxygens (including phenoxy) is 1. The number of Topliss-reactive ketones (excluding diaryl/α,β-unsaturated/α-hetero) is 1. The highest BCUT2D eigenvalue weighted by Gasteiger charge is 2.15. The van der Waals surface area contributed by atoms with Crippen molar-refractivity contribution < 1.29 is 9.53 Å². The van der Waals surface area contributed by atoms with Gasteiger partial charge in [-0.25, -0.2) is 4.98 Å². The largest absolute Gasteiger partial charge is 0.497 e. The van der Waals surface area contributed by atoms with E-state index in [1.807, 2.05) is 24.3 Å². The van der Waals surface area contributed by atoms with E-state index in [2.05, 4.69) is 10.3 Å². The number of anilines is 1. The fourth-order valence-electron chi connectivity index (χ4n) is 1.61. The molecule has 0 saturated carbocycles. The minimum atomic E-state index is 0.0276. The normalized spacial score (nSPS) is 10.2. The van der Waals surface area contributed by atoms with E-state index in [4.69, 9.17) is 4.74 Å². The number of hydrogen-bond acceptors (Lipinski definition) is 5. The van der Waals surface area contributed by atoms with Gasteiger partial charge in [0, 0.05) is 19.5 Å². The number of thiazole rings is 1. The molecular weight excluding hydrogens is 248 g/mol. The molecule has 2 rings (SSSR count). The molecule has 0 spiro atoms. The minimum Gasteiger partial charge on any atom is -0.497 e. The maximum Gasteiger partial charge on any atom is 0.183 e. The molecule has 0 fully saturated rings. The Balaban J connectivity index is 2.47. The lowest BCUT2D eigenvalue weighted by Crippen LogP contribution is -1.92. The first kappa shape index (κ1) is 12.6. The van der Waals surface area contributed by atoms with Gasteiger partial charge in [0.05, 0.1) is 17.7 Å². The predicted molar refractivity (Wildman–Crippen MR) is 73.7 cm³/mol. The van der Waals surface area contributed by atoms with Crippen molar-refractivity contribution in [2.24, 2.45) is 0 Å². The lowest BCUT2D eigenvalue weighted by atomic mass is 10.1. The summed E-state index contributed by atoms with van der Waals surface area (Å²) in [7, 11) is 3.42. The van der Waals surface area contributed by atoms with Crippen LogP contribution in [0, 0.1) is 0 Å². The van der Waals surface area contributed by atoms with Crippen molar-refractivity contribution in [2.75, 3.05) is 19.5 Å². The number of nitrogens with one attached hydrogen (secondary N) is 1. The van der Waals surface area contributed by atoms with Crippen LogP contribution in [0.1, 0.15) is 16.6 Å². The van der Waals surface area contributed by atoms with Gasteiger partial charge in [-0.3, -0.25) is 4.79 Å². The summed E-state index contributed by atoms with van der Waals surface area (Å²) in [4.78, 5) is 16.7. The zero-order chi connectivity index (χ0) is 13.1. The van der Waals surface area contributed by atoms with Crippen molar-refractivity contribution in [3.8, 4) is 17.0 Å². The number of nitrogens with zero attached hydrogens (tertiary/aromatic N) is 1. The van der Waals surface area contributed by atoms with Gasteiger partial charge in [0.15, 0.2) is 10.9 Å². The zero-order valence-electron chi connectivity index (χ0n) is 10.5. The monoisotopic (exact) mass is 262 g/mol. The summed E-state index contributed by atoms with van der Waals surface area (Å²) in [5.74, 6) is 0.812. The van der Waals surface area contributed by atoms with Crippen LogP contribution in [0.4, 0.5) is 5.13 Å². The zero-order valence-corrected chi connectivity index (χ0v) is 11.3. The molecule has 1 heterocycles. The Morgan fingerprint density at radius 1 is 1.33 bits per heavy atom. The van der Waals surface area contributed by atoms with Gasteiger partial charge in [0.25, 0.3) is 0 Å². The molecule has 0 aliphatic rings. The van der Waals surface area contributed by atoms with Crippen molar-refractivity contribution in [2.45, 2.75) is 6.92 Å². The number of rotatable bonds is 4. The Bertz CT molecular complexity index is 561. The van der Waals surface area contributed by atoms with Crippen molar-refractivity contribution in [1.29, 1.82) is 0 Å². The fourth-order valence-corrected chi connectivity index (χ4v) is 2.45. The van der Waals surface area contributed by atoms with Gasteiger partial charge in [0.2, 0.25) is 0 Å². The molecule has 0 saturated heterocycles. The third-order valence-electron chi connectivity index (χ3n) is 2.52. The van der Waals surface area contributed by atoms with E-state index in [1.165, 1.54) is 11.3 Å². The molecule has 1 aromatic heterocycles. The summed E-state index contributed by atoms with van der Waals surface area (Å²) in [5.41, 5.74) is 1.64. The Labute approximate surface area is 110 Å². The third kappa shape index (κ3) is 2.36. The van der Waals surface area contributed by atoms with Crippen LogP contribution in [-0.2, 0) is 0 Å². The highest BCUT2D eigenvalue weighted by atomic mass is 32.1. The maximum absolute atomic E-state index is 11.6. The number of carbonyl (C=O) groups is 1. The Hall–Kier alpha value is -1.88. The van der Waals surface area contributed by atoms with Crippen LogP contribution < -0.4 is 10.1 Å². The molecular formula is C13H14N2O2S. The van der Waals surface area contributed by atoms with E-state index < -0.39 is 0 Å². The first-order chi connectivity index (χ1) is 8.65. The lowest BCUT2D eigenvalue weighted by molar-refractivity contribution is 0.102. The quantitative estimate of drug-likeness (QED) is 0.860. The smallest absolute Gasteiger partial charge is 0.183 e. The van der Waals surface area contributed by atoms with Crippen molar-refractivity contribution >= 4 is 22.3 Å².